The summed E-state index contributed by atoms with van der Waals surface area (Å²) >= 11 is 0. The van der Waals surface area contributed by atoms with Crippen molar-refractivity contribution < 1.29 is 8.42 Å². The van der Waals surface area contributed by atoms with Crippen molar-refractivity contribution in [3.63, 3.8) is 0 Å². The molecule has 0 spiro atoms. The Hall–Kier alpha value is -1.21. The summed E-state index contributed by atoms with van der Waals surface area (Å²) in [4.78, 5) is 4.50. The van der Waals surface area contributed by atoms with E-state index < -0.39 is 10.0 Å². The maximum absolute atomic E-state index is 12.7. The number of halogens is 1. The number of fused-ring (bicyclic) bond motifs is 1. The monoisotopic (exact) mass is 357 g/mol. The molecule has 3 N–H and O–H groups in total. The molecule has 0 bridgehead atoms. The Balaban J connectivity index is 0.00000264. The van der Waals surface area contributed by atoms with Crippen LogP contribution in [0.15, 0.2) is 35.4 Å². The van der Waals surface area contributed by atoms with Gasteiger partial charge in [0.25, 0.3) is 0 Å². The largest absolute Gasteiger partial charge is 0.329 e. The molecule has 0 saturated carbocycles. The van der Waals surface area contributed by atoms with Gasteiger partial charge in [0.2, 0.25) is 10.0 Å². The van der Waals surface area contributed by atoms with Crippen LogP contribution in [0.2, 0.25) is 0 Å². The van der Waals surface area contributed by atoms with Gasteiger partial charge in [-0.2, -0.15) is 0 Å². The smallest absolute Gasteiger partial charge is 0.243 e. The number of benzene rings is 1. The lowest BCUT2D eigenvalue weighted by Gasteiger charge is -2.17. The molecule has 7 heteroatoms. The average molecular weight is 358 g/mol. The molecule has 1 aromatic heterocycles. The minimum atomic E-state index is -3.63. The van der Waals surface area contributed by atoms with Crippen LogP contribution in [0, 0.1) is 6.92 Å². The summed E-state index contributed by atoms with van der Waals surface area (Å²) in [6.07, 6.45) is 4.37. The van der Waals surface area contributed by atoms with Gasteiger partial charge in [-0.1, -0.05) is 31.9 Å². The lowest BCUT2D eigenvalue weighted by atomic mass is 10.1. The van der Waals surface area contributed by atoms with E-state index in [1.54, 1.807) is 18.3 Å². The van der Waals surface area contributed by atoms with Crippen molar-refractivity contribution in [1.29, 1.82) is 0 Å². The number of hydrogen-bond acceptors (Lipinski definition) is 4. The van der Waals surface area contributed by atoms with Crippen molar-refractivity contribution in [2.45, 2.75) is 44.0 Å². The van der Waals surface area contributed by atoms with E-state index in [9.17, 15) is 8.42 Å². The van der Waals surface area contributed by atoms with Gasteiger partial charge in [-0.05, 0) is 31.0 Å². The van der Waals surface area contributed by atoms with Gasteiger partial charge in [0.15, 0.2) is 0 Å². The quantitative estimate of drug-likeness (QED) is 0.797. The number of aryl methyl sites for hydroxylation is 1. The van der Waals surface area contributed by atoms with E-state index >= 15 is 0 Å². The summed E-state index contributed by atoms with van der Waals surface area (Å²) in [7, 11) is -3.63. The molecule has 0 amide bonds. The number of hydrogen-bond donors (Lipinski definition) is 2. The highest BCUT2D eigenvalue weighted by molar-refractivity contribution is 7.89. The molecule has 23 heavy (non-hydrogen) atoms. The van der Waals surface area contributed by atoms with Crippen LogP contribution in [0.4, 0.5) is 0 Å². The van der Waals surface area contributed by atoms with Crippen LogP contribution in [0.3, 0.4) is 0 Å². The Labute approximate surface area is 144 Å². The van der Waals surface area contributed by atoms with Crippen molar-refractivity contribution in [3.05, 3.63) is 36.0 Å². The summed E-state index contributed by atoms with van der Waals surface area (Å²) in [6, 6.07) is 6.87. The first-order valence-electron chi connectivity index (χ1n) is 7.55. The molecule has 2 rings (SSSR count). The lowest BCUT2D eigenvalue weighted by Crippen LogP contribution is -2.40. The molecule has 0 radical (unpaired) electrons. The van der Waals surface area contributed by atoms with Gasteiger partial charge < -0.3 is 5.73 Å². The van der Waals surface area contributed by atoms with Crippen molar-refractivity contribution in [2.24, 2.45) is 5.73 Å². The third-order valence-corrected chi connectivity index (χ3v) is 5.16. The Morgan fingerprint density at radius 3 is 2.74 bits per heavy atom. The molecule has 0 aliphatic carbocycles. The Bertz CT molecular complexity index is 750. The first-order valence-corrected chi connectivity index (χ1v) is 9.04. The number of aromatic nitrogens is 1. The predicted octanol–water partition coefficient (Wildman–Crippen LogP) is 2.76. The Morgan fingerprint density at radius 2 is 2.09 bits per heavy atom. The molecule has 1 atom stereocenters. The fourth-order valence-corrected chi connectivity index (χ4v) is 3.88. The van der Waals surface area contributed by atoms with Crippen molar-refractivity contribution in [3.8, 4) is 0 Å². The molecule has 1 aromatic carbocycles. The highest BCUT2D eigenvalue weighted by atomic mass is 35.5. The summed E-state index contributed by atoms with van der Waals surface area (Å²) in [6.45, 7) is 4.29. The van der Waals surface area contributed by atoms with Gasteiger partial charge in [-0.3, -0.25) is 4.98 Å². The zero-order valence-corrected chi connectivity index (χ0v) is 15.1. The normalized spacial score (nSPS) is 12.8. The van der Waals surface area contributed by atoms with E-state index in [1.807, 2.05) is 19.1 Å². The average Bonchev–Trinajstić information content (AvgIpc) is 2.50. The van der Waals surface area contributed by atoms with Crippen LogP contribution < -0.4 is 10.5 Å². The van der Waals surface area contributed by atoms with Crippen LogP contribution in [0.5, 0.6) is 0 Å². The Morgan fingerprint density at radius 1 is 1.35 bits per heavy atom. The molecule has 0 fully saturated rings. The van der Waals surface area contributed by atoms with E-state index in [1.165, 1.54) is 0 Å². The third-order valence-electron chi connectivity index (χ3n) is 3.61. The first-order chi connectivity index (χ1) is 10.5. The van der Waals surface area contributed by atoms with E-state index in [4.69, 9.17) is 5.73 Å². The van der Waals surface area contributed by atoms with Crippen molar-refractivity contribution in [1.82, 2.24) is 9.71 Å². The van der Waals surface area contributed by atoms with Crippen molar-refractivity contribution >= 4 is 33.3 Å². The minimum Gasteiger partial charge on any atom is -0.329 e. The molecule has 2 aromatic rings. The minimum absolute atomic E-state index is 0. The molecular weight excluding hydrogens is 334 g/mol. The van der Waals surface area contributed by atoms with Crippen molar-refractivity contribution in [2.75, 3.05) is 6.54 Å². The van der Waals surface area contributed by atoms with E-state index in [-0.39, 0.29) is 29.9 Å². The number of unbranched alkanes of at least 4 members (excludes halogenated alkanes) is 1. The fourth-order valence-electron chi connectivity index (χ4n) is 2.42. The van der Waals surface area contributed by atoms with E-state index in [0.29, 0.717) is 5.52 Å². The number of rotatable bonds is 7. The molecule has 128 valence electrons. The highest BCUT2D eigenvalue weighted by Gasteiger charge is 2.21. The van der Waals surface area contributed by atoms with Gasteiger partial charge in [-0.15, -0.1) is 12.4 Å². The topological polar surface area (TPSA) is 85.1 Å². The molecule has 1 unspecified atom stereocenters. The van der Waals surface area contributed by atoms with Crippen LogP contribution in [0.1, 0.15) is 31.7 Å². The molecule has 0 saturated heterocycles. The first kappa shape index (κ1) is 19.8. The summed E-state index contributed by atoms with van der Waals surface area (Å²) in [5.74, 6) is 0. The van der Waals surface area contributed by atoms with Gasteiger partial charge >= 0.3 is 0 Å². The highest BCUT2D eigenvalue weighted by Crippen LogP contribution is 2.22. The zero-order valence-electron chi connectivity index (χ0n) is 13.5. The second kappa shape index (κ2) is 8.59. The van der Waals surface area contributed by atoms with Crippen LogP contribution in [-0.2, 0) is 10.0 Å². The van der Waals surface area contributed by atoms with Gasteiger partial charge in [0.1, 0.15) is 4.90 Å². The molecule has 0 aliphatic rings. The van der Waals surface area contributed by atoms with E-state index in [0.717, 1.165) is 30.2 Å². The summed E-state index contributed by atoms with van der Waals surface area (Å²) in [5.41, 5.74) is 7.18. The summed E-state index contributed by atoms with van der Waals surface area (Å²) in [5, 5.41) is 0.820. The number of sulfonamides is 1. The number of pyridine rings is 1. The SMILES string of the molecule is CCCCC(CN)NS(=O)(=O)c1cccc2cc(C)cnc12.Cl. The summed E-state index contributed by atoms with van der Waals surface area (Å²) < 4.78 is 28.0. The second-order valence-electron chi connectivity index (χ2n) is 5.54. The Kier molecular flexibility index (Phi) is 7.41. The van der Waals surface area contributed by atoms with Gasteiger partial charge in [-0.25, -0.2) is 13.1 Å². The third kappa shape index (κ3) is 4.88. The number of para-hydroxylation sites is 1. The molecule has 5 nitrogen and oxygen atoms in total. The molecular formula is C16H24ClN3O2S. The number of nitrogens with two attached hydrogens (primary N) is 1. The molecule has 1 heterocycles. The fraction of sp³-hybridized carbons (Fsp3) is 0.438. The van der Waals surface area contributed by atoms with Crippen LogP contribution in [-0.4, -0.2) is 26.0 Å². The van der Waals surface area contributed by atoms with Gasteiger partial charge in [0, 0.05) is 24.2 Å². The molecule has 0 aliphatic heterocycles. The number of nitrogens with zero attached hydrogens (tertiary/aromatic N) is 1. The lowest BCUT2D eigenvalue weighted by molar-refractivity contribution is 0.516. The van der Waals surface area contributed by atoms with Crippen LogP contribution >= 0.6 is 12.4 Å². The standard InChI is InChI=1S/C16H23N3O2S.ClH/c1-3-4-7-14(10-17)19-22(20,21)15-8-5-6-13-9-12(2)11-18-16(13)15;/h5-6,8-9,11,14,19H,3-4,7,10,17H2,1-2H3;1H. The van der Waals surface area contributed by atoms with Crippen LogP contribution in [0.25, 0.3) is 10.9 Å². The zero-order chi connectivity index (χ0) is 16.2. The predicted molar refractivity (Wildman–Crippen MR) is 96.4 cm³/mol. The number of nitrogens with one attached hydrogen (secondary N) is 1. The maximum Gasteiger partial charge on any atom is 0.243 e. The second-order valence-corrected chi connectivity index (χ2v) is 7.22. The maximum atomic E-state index is 12.7. The van der Waals surface area contributed by atoms with Gasteiger partial charge in [0.05, 0.1) is 5.52 Å². The van der Waals surface area contributed by atoms with E-state index in [2.05, 4.69) is 16.6 Å².